The minimum absolute atomic E-state index is 0.161. The van der Waals surface area contributed by atoms with Crippen molar-refractivity contribution in [2.75, 3.05) is 0 Å². The van der Waals surface area contributed by atoms with E-state index in [0.29, 0.717) is 11.3 Å². The Bertz CT molecular complexity index is 355. The maximum absolute atomic E-state index is 12.6. The maximum atomic E-state index is 12.6. The van der Waals surface area contributed by atoms with Crippen LogP contribution in [0.5, 0.6) is 0 Å². The lowest BCUT2D eigenvalue weighted by Crippen LogP contribution is -2.32. The average molecular weight is 198 g/mol. The van der Waals surface area contributed by atoms with E-state index in [1.165, 1.54) is 12.1 Å². The Morgan fingerprint density at radius 3 is 2.86 bits per heavy atom. The Hall–Kier alpha value is -1.49. The molecule has 0 spiro atoms. The minimum Gasteiger partial charge on any atom is -0.480 e. The molecule has 0 saturated carbocycles. The Labute approximate surface area is 80.6 Å². The molecule has 76 valence electrons. The van der Waals surface area contributed by atoms with Crippen molar-refractivity contribution in [1.29, 1.82) is 0 Å². The van der Waals surface area contributed by atoms with E-state index in [4.69, 9.17) is 10.8 Å². The summed E-state index contributed by atoms with van der Waals surface area (Å²) in [6.07, 6.45) is 0.161. The molecule has 0 bridgehead atoms. The van der Waals surface area contributed by atoms with Crippen LogP contribution >= 0.6 is 0 Å². The van der Waals surface area contributed by atoms with Crippen LogP contribution in [0.1, 0.15) is 11.3 Å². The number of carboxylic acids is 1. The van der Waals surface area contributed by atoms with Crippen LogP contribution < -0.4 is 5.73 Å². The van der Waals surface area contributed by atoms with Crippen LogP contribution in [0.15, 0.2) is 12.1 Å². The Morgan fingerprint density at radius 2 is 2.36 bits per heavy atom. The first kappa shape index (κ1) is 10.6. The Balaban J connectivity index is 2.82. The van der Waals surface area contributed by atoms with Crippen LogP contribution in [0.3, 0.4) is 0 Å². The third kappa shape index (κ3) is 2.50. The van der Waals surface area contributed by atoms with Crippen LogP contribution in [-0.4, -0.2) is 22.1 Å². The van der Waals surface area contributed by atoms with Gasteiger partial charge in [0.15, 0.2) is 0 Å². The second-order valence-electron chi connectivity index (χ2n) is 3.03. The number of carbonyl (C=O) groups is 1. The summed E-state index contributed by atoms with van der Waals surface area (Å²) in [5, 5.41) is 8.57. The van der Waals surface area contributed by atoms with Crippen molar-refractivity contribution in [1.82, 2.24) is 4.98 Å². The number of nitrogens with two attached hydrogens (primary N) is 1. The number of halogens is 1. The molecule has 0 radical (unpaired) electrons. The van der Waals surface area contributed by atoms with Gasteiger partial charge < -0.3 is 10.8 Å². The van der Waals surface area contributed by atoms with Crippen LogP contribution in [0.25, 0.3) is 0 Å². The molecule has 5 heteroatoms. The summed E-state index contributed by atoms with van der Waals surface area (Å²) in [7, 11) is 0. The molecule has 0 aliphatic carbocycles. The minimum atomic E-state index is -1.08. The highest BCUT2D eigenvalue weighted by atomic mass is 19.1. The van der Waals surface area contributed by atoms with Crippen molar-refractivity contribution >= 4 is 5.97 Å². The third-order valence-electron chi connectivity index (χ3n) is 1.92. The number of aryl methyl sites for hydroxylation is 1. The summed E-state index contributed by atoms with van der Waals surface area (Å²) >= 11 is 0. The highest BCUT2D eigenvalue weighted by Gasteiger charge is 2.13. The lowest BCUT2D eigenvalue weighted by Gasteiger charge is -2.08. The molecule has 0 aliphatic rings. The number of aliphatic carboxylic acids is 1. The van der Waals surface area contributed by atoms with Gasteiger partial charge in [0, 0.05) is 12.1 Å². The zero-order chi connectivity index (χ0) is 10.7. The van der Waals surface area contributed by atoms with Crippen LogP contribution in [-0.2, 0) is 11.2 Å². The van der Waals surface area contributed by atoms with Gasteiger partial charge in [-0.05, 0) is 18.6 Å². The fourth-order valence-electron chi connectivity index (χ4n) is 1.10. The highest BCUT2D eigenvalue weighted by molar-refractivity contribution is 5.73. The predicted molar refractivity (Wildman–Crippen MR) is 48.2 cm³/mol. The summed E-state index contributed by atoms with van der Waals surface area (Å²) < 4.78 is 12.6. The molecule has 0 aromatic carbocycles. The molecule has 1 rings (SSSR count). The number of hydrogen-bond acceptors (Lipinski definition) is 3. The predicted octanol–water partition coefficient (Wildman–Crippen LogP) is 0.484. The van der Waals surface area contributed by atoms with E-state index in [0.717, 1.165) is 0 Å². The van der Waals surface area contributed by atoms with E-state index in [1.807, 2.05) is 0 Å². The van der Waals surface area contributed by atoms with Crippen LogP contribution in [0.4, 0.5) is 4.39 Å². The molecule has 0 amide bonds. The highest BCUT2D eigenvalue weighted by Crippen LogP contribution is 2.08. The first-order chi connectivity index (χ1) is 6.50. The number of carboxylic acid groups (broad SMARTS) is 1. The van der Waals surface area contributed by atoms with Gasteiger partial charge in [0.1, 0.15) is 6.04 Å². The van der Waals surface area contributed by atoms with Gasteiger partial charge in [0.25, 0.3) is 0 Å². The van der Waals surface area contributed by atoms with Crippen molar-refractivity contribution in [3.05, 3.63) is 29.3 Å². The smallest absolute Gasteiger partial charge is 0.320 e. The Kier molecular flexibility index (Phi) is 3.14. The van der Waals surface area contributed by atoms with E-state index in [2.05, 4.69) is 4.98 Å². The largest absolute Gasteiger partial charge is 0.480 e. The van der Waals surface area contributed by atoms with Crippen LogP contribution in [0, 0.1) is 12.9 Å². The summed E-state index contributed by atoms with van der Waals surface area (Å²) in [5.41, 5.74) is 6.46. The normalized spacial score (nSPS) is 12.5. The van der Waals surface area contributed by atoms with E-state index in [9.17, 15) is 9.18 Å². The molecule has 1 aromatic rings. The summed E-state index contributed by atoms with van der Waals surface area (Å²) in [5.74, 6) is -1.65. The SMILES string of the molecule is Cc1nc(F)ccc1C[C@H](N)C(=O)O. The van der Waals surface area contributed by atoms with Gasteiger partial charge in [-0.25, -0.2) is 4.98 Å². The molecule has 1 heterocycles. The van der Waals surface area contributed by atoms with Gasteiger partial charge in [-0.15, -0.1) is 0 Å². The van der Waals surface area contributed by atoms with Crippen molar-refractivity contribution < 1.29 is 14.3 Å². The lowest BCUT2D eigenvalue weighted by molar-refractivity contribution is -0.138. The van der Waals surface area contributed by atoms with Crippen molar-refractivity contribution in [2.45, 2.75) is 19.4 Å². The van der Waals surface area contributed by atoms with Crippen molar-refractivity contribution in [3.63, 3.8) is 0 Å². The van der Waals surface area contributed by atoms with Gasteiger partial charge in [0.05, 0.1) is 0 Å². The second-order valence-corrected chi connectivity index (χ2v) is 3.03. The molecule has 3 N–H and O–H groups in total. The zero-order valence-electron chi connectivity index (χ0n) is 7.70. The molecule has 1 atom stereocenters. The number of aromatic nitrogens is 1. The fraction of sp³-hybridized carbons (Fsp3) is 0.333. The molecular formula is C9H11FN2O2. The molecule has 1 aromatic heterocycles. The topological polar surface area (TPSA) is 76.2 Å². The third-order valence-corrected chi connectivity index (χ3v) is 1.92. The molecular weight excluding hydrogens is 187 g/mol. The lowest BCUT2D eigenvalue weighted by atomic mass is 10.1. The maximum Gasteiger partial charge on any atom is 0.320 e. The summed E-state index contributed by atoms with van der Waals surface area (Å²) in [4.78, 5) is 14.0. The summed E-state index contributed by atoms with van der Waals surface area (Å²) in [6.45, 7) is 1.62. The van der Waals surface area contributed by atoms with Crippen molar-refractivity contribution in [3.8, 4) is 0 Å². The van der Waals surface area contributed by atoms with Crippen molar-refractivity contribution in [2.24, 2.45) is 5.73 Å². The first-order valence-electron chi connectivity index (χ1n) is 4.11. The van der Waals surface area contributed by atoms with E-state index >= 15 is 0 Å². The monoisotopic (exact) mass is 198 g/mol. The number of hydrogen-bond donors (Lipinski definition) is 2. The molecule has 4 nitrogen and oxygen atoms in total. The first-order valence-corrected chi connectivity index (χ1v) is 4.11. The van der Waals surface area contributed by atoms with Gasteiger partial charge >= 0.3 is 5.97 Å². The quantitative estimate of drug-likeness (QED) is 0.693. The van der Waals surface area contributed by atoms with Gasteiger partial charge in [-0.3, -0.25) is 4.79 Å². The van der Waals surface area contributed by atoms with Gasteiger partial charge in [0.2, 0.25) is 5.95 Å². The number of rotatable bonds is 3. The van der Waals surface area contributed by atoms with E-state index in [1.54, 1.807) is 6.92 Å². The molecule has 0 saturated heterocycles. The molecule has 0 aliphatic heterocycles. The molecule has 14 heavy (non-hydrogen) atoms. The van der Waals surface area contributed by atoms with E-state index < -0.39 is 18.0 Å². The molecule has 0 fully saturated rings. The standard InChI is InChI=1S/C9H11FN2O2/c1-5-6(2-3-8(10)12-5)4-7(11)9(13)14/h2-3,7H,4,11H2,1H3,(H,13,14)/t7-/m0/s1. The number of pyridine rings is 1. The van der Waals surface area contributed by atoms with Gasteiger partial charge in [-0.2, -0.15) is 4.39 Å². The fourth-order valence-corrected chi connectivity index (χ4v) is 1.10. The Morgan fingerprint density at radius 1 is 1.71 bits per heavy atom. The van der Waals surface area contributed by atoms with Gasteiger partial charge in [-0.1, -0.05) is 6.07 Å². The zero-order valence-corrected chi connectivity index (χ0v) is 7.70. The molecule has 0 unspecified atom stereocenters. The summed E-state index contributed by atoms with van der Waals surface area (Å²) in [6, 6.07) is 1.72. The number of nitrogens with zero attached hydrogens (tertiary/aromatic N) is 1. The average Bonchev–Trinajstić information content (AvgIpc) is 2.09. The second kappa shape index (κ2) is 4.15. The van der Waals surface area contributed by atoms with Crippen LogP contribution in [0.2, 0.25) is 0 Å². The van der Waals surface area contributed by atoms with E-state index in [-0.39, 0.29) is 6.42 Å².